The first kappa shape index (κ1) is 21.8. The maximum atomic E-state index is 8.67. The van der Waals surface area contributed by atoms with Crippen molar-refractivity contribution in [3.8, 4) is 0 Å². The number of benzene rings is 2. The van der Waals surface area contributed by atoms with E-state index in [1.165, 1.54) is 10.4 Å². The SMILES string of the molecule is CC(C)(C)[Si](OC1CC=CC1)(c1ccccc1)c1ccccc1.OC1CC=CC1. The van der Waals surface area contributed by atoms with Crippen molar-refractivity contribution in [1.29, 1.82) is 0 Å². The molecule has 2 nitrogen and oxygen atoms in total. The van der Waals surface area contributed by atoms with Crippen LogP contribution in [-0.2, 0) is 4.43 Å². The molecule has 2 aliphatic rings. The predicted molar refractivity (Wildman–Crippen MR) is 125 cm³/mol. The molecule has 0 heterocycles. The van der Waals surface area contributed by atoms with Gasteiger partial charge in [0.05, 0.1) is 12.2 Å². The third-order valence-corrected chi connectivity index (χ3v) is 10.8. The van der Waals surface area contributed by atoms with Gasteiger partial charge in [-0.15, -0.1) is 0 Å². The second-order valence-electron chi connectivity index (χ2n) is 8.94. The van der Waals surface area contributed by atoms with Crippen molar-refractivity contribution in [2.24, 2.45) is 0 Å². The summed E-state index contributed by atoms with van der Waals surface area (Å²) in [5, 5.41) is 11.5. The molecule has 0 spiro atoms. The van der Waals surface area contributed by atoms with Crippen LogP contribution in [0.1, 0.15) is 46.5 Å². The van der Waals surface area contributed by atoms with Crippen LogP contribution in [0.5, 0.6) is 0 Å². The fraction of sp³-hybridized carbons (Fsp3) is 0.385. The fourth-order valence-electron chi connectivity index (χ4n) is 4.23. The third kappa shape index (κ3) is 5.16. The van der Waals surface area contributed by atoms with E-state index in [0.717, 1.165) is 25.7 Å². The van der Waals surface area contributed by atoms with Crippen LogP contribution >= 0.6 is 0 Å². The highest BCUT2D eigenvalue weighted by Crippen LogP contribution is 2.38. The van der Waals surface area contributed by atoms with E-state index in [0.29, 0.717) is 6.10 Å². The lowest BCUT2D eigenvalue weighted by Gasteiger charge is -2.44. The minimum Gasteiger partial charge on any atom is -0.404 e. The molecular formula is C26H34O2Si. The average molecular weight is 407 g/mol. The van der Waals surface area contributed by atoms with Gasteiger partial charge in [0.2, 0.25) is 0 Å². The Bertz CT molecular complexity index is 750. The first-order chi connectivity index (χ1) is 13.9. The van der Waals surface area contributed by atoms with Crippen molar-refractivity contribution in [1.82, 2.24) is 0 Å². The molecule has 1 N–H and O–H groups in total. The Morgan fingerprint density at radius 1 is 0.724 bits per heavy atom. The number of hydrogen-bond donors (Lipinski definition) is 1. The zero-order valence-electron chi connectivity index (χ0n) is 17.9. The van der Waals surface area contributed by atoms with Crippen molar-refractivity contribution < 1.29 is 9.53 Å². The molecule has 0 fully saturated rings. The summed E-state index contributed by atoms with van der Waals surface area (Å²) in [6, 6.07) is 21.8. The Morgan fingerprint density at radius 3 is 1.48 bits per heavy atom. The lowest BCUT2D eigenvalue weighted by Crippen LogP contribution is -2.67. The van der Waals surface area contributed by atoms with Gasteiger partial charge >= 0.3 is 0 Å². The van der Waals surface area contributed by atoms with Crippen LogP contribution in [0.15, 0.2) is 85.0 Å². The molecule has 0 unspecified atom stereocenters. The van der Waals surface area contributed by atoms with Crippen molar-refractivity contribution in [3.05, 3.63) is 85.0 Å². The Labute approximate surface area is 177 Å². The van der Waals surface area contributed by atoms with Gasteiger partial charge in [-0.2, -0.15) is 0 Å². The maximum Gasteiger partial charge on any atom is 0.261 e. The number of aliphatic hydroxyl groups excluding tert-OH is 1. The molecule has 0 atom stereocenters. The molecule has 0 aliphatic heterocycles. The van der Waals surface area contributed by atoms with Gasteiger partial charge in [-0.25, -0.2) is 0 Å². The molecule has 0 radical (unpaired) electrons. The van der Waals surface area contributed by atoms with E-state index in [4.69, 9.17) is 9.53 Å². The quantitative estimate of drug-likeness (QED) is 0.573. The molecule has 4 rings (SSSR count). The zero-order chi connectivity index (χ0) is 20.7. The van der Waals surface area contributed by atoms with Gasteiger partial charge in [0.1, 0.15) is 0 Å². The summed E-state index contributed by atoms with van der Waals surface area (Å²) < 4.78 is 7.01. The van der Waals surface area contributed by atoms with Gasteiger partial charge in [0.15, 0.2) is 0 Å². The van der Waals surface area contributed by atoms with Crippen LogP contribution in [0.2, 0.25) is 5.04 Å². The molecule has 29 heavy (non-hydrogen) atoms. The van der Waals surface area contributed by atoms with E-state index >= 15 is 0 Å². The van der Waals surface area contributed by atoms with Crippen molar-refractivity contribution in [2.45, 2.75) is 63.7 Å². The van der Waals surface area contributed by atoms with Gasteiger partial charge < -0.3 is 9.53 Å². The van der Waals surface area contributed by atoms with Gasteiger partial charge in [0.25, 0.3) is 8.32 Å². The monoisotopic (exact) mass is 406 g/mol. The first-order valence-electron chi connectivity index (χ1n) is 10.7. The fourth-order valence-corrected chi connectivity index (χ4v) is 8.94. The summed E-state index contributed by atoms with van der Waals surface area (Å²) in [5.41, 5.74) is 0. The van der Waals surface area contributed by atoms with Crippen LogP contribution in [-0.4, -0.2) is 25.6 Å². The first-order valence-corrected chi connectivity index (χ1v) is 12.6. The van der Waals surface area contributed by atoms with Gasteiger partial charge in [0, 0.05) is 0 Å². The van der Waals surface area contributed by atoms with Crippen molar-refractivity contribution in [3.63, 3.8) is 0 Å². The van der Waals surface area contributed by atoms with Gasteiger partial charge in [-0.3, -0.25) is 0 Å². The second kappa shape index (κ2) is 9.71. The third-order valence-electron chi connectivity index (χ3n) is 5.71. The number of rotatable bonds is 4. The molecule has 2 aromatic carbocycles. The smallest absolute Gasteiger partial charge is 0.261 e. The molecule has 2 aliphatic carbocycles. The highest BCUT2D eigenvalue weighted by Gasteiger charge is 2.51. The van der Waals surface area contributed by atoms with E-state index in [9.17, 15) is 0 Å². The van der Waals surface area contributed by atoms with Crippen LogP contribution in [0.3, 0.4) is 0 Å². The second-order valence-corrected chi connectivity index (χ2v) is 13.2. The topological polar surface area (TPSA) is 29.5 Å². The minimum absolute atomic E-state index is 0.0648. The largest absolute Gasteiger partial charge is 0.404 e. The zero-order valence-corrected chi connectivity index (χ0v) is 18.9. The van der Waals surface area contributed by atoms with Gasteiger partial charge in [-0.1, -0.05) is 106 Å². The summed E-state index contributed by atoms with van der Waals surface area (Å²) in [6.07, 6.45) is 12.5. The number of hydrogen-bond acceptors (Lipinski definition) is 2. The molecule has 0 amide bonds. The van der Waals surface area contributed by atoms with E-state index in [2.05, 4.69) is 93.6 Å². The molecule has 3 heteroatoms. The summed E-state index contributed by atoms with van der Waals surface area (Å²) >= 11 is 0. The van der Waals surface area contributed by atoms with Crippen LogP contribution in [0.25, 0.3) is 0 Å². The van der Waals surface area contributed by atoms with Gasteiger partial charge in [-0.05, 0) is 41.1 Å². The van der Waals surface area contributed by atoms with E-state index in [-0.39, 0.29) is 11.1 Å². The molecule has 0 aromatic heterocycles. The van der Waals surface area contributed by atoms with Crippen LogP contribution < -0.4 is 10.4 Å². The average Bonchev–Trinajstić information content (AvgIpc) is 3.41. The van der Waals surface area contributed by atoms with E-state index in [1.807, 2.05) is 12.2 Å². The minimum atomic E-state index is -2.35. The van der Waals surface area contributed by atoms with Crippen molar-refractivity contribution >= 4 is 18.7 Å². The van der Waals surface area contributed by atoms with Crippen molar-refractivity contribution in [2.75, 3.05) is 0 Å². The molecule has 0 saturated heterocycles. The lowest BCUT2D eigenvalue weighted by atomic mass is 10.2. The summed E-state index contributed by atoms with van der Waals surface area (Å²) in [6.45, 7) is 7.00. The van der Waals surface area contributed by atoms with Crippen LogP contribution in [0, 0.1) is 0 Å². The number of aliphatic hydroxyl groups is 1. The van der Waals surface area contributed by atoms with E-state index in [1.54, 1.807) is 0 Å². The van der Waals surface area contributed by atoms with Crippen LogP contribution in [0.4, 0.5) is 0 Å². The molecule has 154 valence electrons. The maximum absolute atomic E-state index is 8.67. The Kier molecular flexibility index (Phi) is 7.28. The Morgan fingerprint density at radius 2 is 1.14 bits per heavy atom. The highest BCUT2D eigenvalue weighted by atomic mass is 28.4. The summed E-state index contributed by atoms with van der Waals surface area (Å²) in [5.74, 6) is 0. The lowest BCUT2D eigenvalue weighted by molar-refractivity contribution is 0.189. The summed E-state index contributed by atoms with van der Waals surface area (Å²) in [4.78, 5) is 0. The predicted octanol–water partition coefficient (Wildman–Crippen LogP) is 4.98. The Hall–Kier alpha value is -1.94. The standard InChI is InChI=1S/C21H26OSi.C5H8O/c1-21(2,3)23(19-14-6-4-7-15-19,20-16-8-5-9-17-20)22-18-12-10-11-13-18;6-5-3-1-2-4-5/h4-11,14-18H,12-13H2,1-3H3;1-2,5-6H,3-4H2. The normalized spacial score (nSPS) is 17.4. The summed E-state index contributed by atoms with van der Waals surface area (Å²) in [7, 11) is -2.35. The highest BCUT2D eigenvalue weighted by molar-refractivity contribution is 6.99. The molecular weight excluding hydrogens is 372 g/mol. The molecule has 0 saturated carbocycles. The van der Waals surface area contributed by atoms with E-state index < -0.39 is 8.32 Å². The molecule has 2 aromatic rings. The Balaban J connectivity index is 0.000000343. The molecule has 0 bridgehead atoms.